The van der Waals surface area contributed by atoms with Crippen molar-refractivity contribution < 1.29 is 9.59 Å². The van der Waals surface area contributed by atoms with Crippen molar-refractivity contribution in [3.8, 4) is 0 Å². The van der Waals surface area contributed by atoms with Crippen molar-refractivity contribution in [2.75, 3.05) is 18.1 Å². The molecule has 4 nitrogen and oxygen atoms in total. The first-order valence-electron chi connectivity index (χ1n) is 5.91. The zero-order chi connectivity index (χ0) is 14.3. The van der Waals surface area contributed by atoms with E-state index in [0.717, 1.165) is 5.75 Å². The Kier molecular flexibility index (Phi) is 6.91. The van der Waals surface area contributed by atoms with Crippen LogP contribution in [0.4, 0.5) is 0 Å². The lowest BCUT2D eigenvalue weighted by Gasteiger charge is -2.08. The number of thioether (sulfide) groups is 1. The number of hydrogen-bond donors (Lipinski definition) is 2. The van der Waals surface area contributed by atoms with E-state index < -0.39 is 5.91 Å². The molecule has 104 valence electrons. The zero-order valence-corrected chi connectivity index (χ0v) is 12.3. The van der Waals surface area contributed by atoms with Gasteiger partial charge in [-0.1, -0.05) is 30.7 Å². The Morgan fingerprint density at radius 3 is 2.74 bits per heavy atom. The number of nitrogens with one attached hydrogen (secondary N) is 1. The molecule has 6 heteroatoms. The van der Waals surface area contributed by atoms with Gasteiger partial charge in [-0.15, -0.1) is 0 Å². The molecule has 1 atom stereocenters. The third-order valence-electron chi connectivity index (χ3n) is 2.41. The van der Waals surface area contributed by atoms with Gasteiger partial charge in [-0.3, -0.25) is 14.9 Å². The number of halogens is 1. The number of rotatable bonds is 6. The molecule has 0 aromatic heterocycles. The highest BCUT2D eigenvalue weighted by molar-refractivity contribution is 7.99. The quantitative estimate of drug-likeness (QED) is 0.842. The van der Waals surface area contributed by atoms with E-state index in [1.165, 1.54) is 11.8 Å². The van der Waals surface area contributed by atoms with Crippen LogP contribution in [0.1, 0.15) is 17.3 Å². The number of carbonyl (C=O) groups is 2. The average Bonchev–Trinajstić information content (AvgIpc) is 2.38. The van der Waals surface area contributed by atoms with Gasteiger partial charge in [-0.2, -0.15) is 11.8 Å². The van der Waals surface area contributed by atoms with Crippen LogP contribution in [0.2, 0.25) is 5.02 Å². The largest absolute Gasteiger partial charge is 0.330 e. The summed E-state index contributed by atoms with van der Waals surface area (Å²) in [5.41, 5.74) is 5.78. The summed E-state index contributed by atoms with van der Waals surface area (Å²) in [4.78, 5) is 23.4. The first-order valence-corrected chi connectivity index (χ1v) is 7.44. The maximum atomic E-state index is 11.8. The van der Waals surface area contributed by atoms with Crippen molar-refractivity contribution in [1.29, 1.82) is 0 Å². The Bertz CT molecular complexity index is 454. The summed E-state index contributed by atoms with van der Waals surface area (Å²) < 4.78 is 0. The molecule has 1 aromatic rings. The van der Waals surface area contributed by atoms with Gasteiger partial charge in [0.25, 0.3) is 5.91 Å². The monoisotopic (exact) mass is 300 g/mol. The molecule has 3 N–H and O–H groups in total. The van der Waals surface area contributed by atoms with E-state index in [2.05, 4.69) is 5.32 Å². The Hall–Kier alpha value is -1.04. The van der Waals surface area contributed by atoms with Crippen LogP contribution in [0.25, 0.3) is 0 Å². The number of imide groups is 1. The van der Waals surface area contributed by atoms with Gasteiger partial charge in [0, 0.05) is 0 Å². The summed E-state index contributed by atoms with van der Waals surface area (Å²) in [7, 11) is 0. The summed E-state index contributed by atoms with van der Waals surface area (Å²) in [6.45, 7) is 2.60. The molecular formula is C13H17ClN2O2S. The molecule has 0 aliphatic heterocycles. The topological polar surface area (TPSA) is 72.2 Å². The number of carbonyl (C=O) groups excluding carboxylic acids is 2. The summed E-state index contributed by atoms with van der Waals surface area (Å²) in [6.07, 6.45) is 0. The van der Waals surface area contributed by atoms with Crippen molar-refractivity contribution in [3.05, 3.63) is 34.9 Å². The predicted octanol–water partition coefficient (Wildman–Crippen LogP) is 1.92. The molecular weight excluding hydrogens is 284 g/mol. The van der Waals surface area contributed by atoms with E-state index in [1.807, 2.05) is 6.92 Å². The molecule has 0 saturated heterocycles. The third kappa shape index (κ3) is 5.63. The van der Waals surface area contributed by atoms with Gasteiger partial charge < -0.3 is 5.73 Å². The van der Waals surface area contributed by atoms with Gasteiger partial charge in [0.2, 0.25) is 5.91 Å². The minimum atomic E-state index is -0.469. The molecule has 2 amide bonds. The molecule has 0 bridgehead atoms. The molecule has 1 unspecified atom stereocenters. The fourth-order valence-electron chi connectivity index (χ4n) is 1.30. The molecule has 0 fully saturated rings. The van der Waals surface area contributed by atoms with Gasteiger partial charge in [-0.05, 0) is 30.3 Å². The van der Waals surface area contributed by atoms with Crippen molar-refractivity contribution in [2.24, 2.45) is 11.7 Å². The highest BCUT2D eigenvalue weighted by Gasteiger charge is 2.13. The molecule has 19 heavy (non-hydrogen) atoms. The van der Waals surface area contributed by atoms with Crippen LogP contribution in [0.3, 0.4) is 0 Å². The standard InChI is InChI=1S/C13H17ClN2O2S/c1-9(6-15)7-19-8-12(17)16-13(18)10-4-2-3-5-11(10)14/h2-5,9H,6-8,15H2,1H3,(H,16,17,18). The van der Waals surface area contributed by atoms with E-state index in [4.69, 9.17) is 17.3 Å². The van der Waals surface area contributed by atoms with Gasteiger partial charge in [-0.25, -0.2) is 0 Å². The molecule has 0 heterocycles. The first-order chi connectivity index (χ1) is 9.04. The fraction of sp³-hybridized carbons (Fsp3) is 0.385. The van der Waals surface area contributed by atoms with Crippen LogP contribution in [-0.4, -0.2) is 29.9 Å². The zero-order valence-electron chi connectivity index (χ0n) is 10.7. The SMILES string of the molecule is CC(CN)CSCC(=O)NC(=O)c1ccccc1Cl. The van der Waals surface area contributed by atoms with Crippen molar-refractivity contribution in [2.45, 2.75) is 6.92 Å². The average molecular weight is 301 g/mol. The van der Waals surface area contributed by atoms with Gasteiger partial charge in [0.15, 0.2) is 0 Å². The van der Waals surface area contributed by atoms with Crippen LogP contribution in [0, 0.1) is 5.92 Å². The van der Waals surface area contributed by atoms with Crippen LogP contribution in [0.15, 0.2) is 24.3 Å². The van der Waals surface area contributed by atoms with Crippen molar-refractivity contribution in [1.82, 2.24) is 5.32 Å². The summed E-state index contributed by atoms with van der Waals surface area (Å²) in [5.74, 6) is 0.601. The molecule has 0 aliphatic rings. The number of hydrogen-bond acceptors (Lipinski definition) is 4. The lowest BCUT2D eigenvalue weighted by molar-refractivity contribution is -0.117. The Labute approximate surface area is 122 Å². The Balaban J connectivity index is 2.41. The molecule has 1 aromatic carbocycles. The Morgan fingerprint density at radius 2 is 2.11 bits per heavy atom. The summed E-state index contributed by atoms with van der Waals surface area (Å²) >= 11 is 7.33. The van der Waals surface area contributed by atoms with E-state index >= 15 is 0 Å². The second kappa shape index (κ2) is 8.19. The van der Waals surface area contributed by atoms with Gasteiger partial charge in [0.05, 0.1) is 16.3 Å². The maximum Gasteiger partial charge on any atom is 0.259 e. The number of nitrogens with two attached hydrogens (primary N) is 1. The number of amides is 2. The van der Waals surface area contributed by atoms with Crippen molar-refractivity contribution in [3.63, 3.8) is 0 Å². The Morgan fingerprint density at radius 1 is 1.42 bits per heavy atom. The second-order valence-electron chi connectivity index (χ2n) is 4.21. The van der Waals surface area contributed by atoms with Crippen LogP contribution in [0.5, 0.6) is 0 Å². The van der Waals surface area contributed by atoms with Crippen LogP contribution in [-0.2, 0) is 4.79 Å². The van der Waals surface area contributed by atoms with E-state index in [9.17, 15) is 9.59 Å². The van der Waals surface area contributed by atoms with E-state index in [0.29, 0.717) is 23.0 Å². The van der Waals surface area contributed by atoms with Gasteiger partial charge >= 0.3 is 0 Å². The van der Waals surface area contributed by atoms with E-state index in [1.54, 1.807) is 24.3 Å². The lowest BCUT2D eigenvalue weighted by atomic mass is 10.2. The van der Waals surface area contributed by atoms with E-state index in [-0.39, 0.29) is 11.7 Å². The maximum absolute atomic E-state index is 11.8. The molecule has 0 saturated carbocycles. The second-order valence-corrected chi connectivity index (χ2v) is 5.65. The fourth-order valence-corrected chi connectivity index (χ4v) is 2.43. The molecule has 0 aliphatic carbocycles. The molecule has 0 spiro atoms. The predicted molar refractivity (Wildman–Crippen MR) is 79.5 cm³/mol. The number of benzene rings is 1. The minimum absolute atomic E-state index is 0.237. The molecule has 1 rings (SSSR count). The summed E-state index contributed by atoms with van der Waals surface area (Å²) in [5, 5.41) is 2.65. The van der Waals surface area contributed by atoms with Crippen molar-refractivity contribution >= 4 is 35.2 Å². The highest BCUT2D eigenvalue weighted by Crippen LogP contribution is 2.14. The lowest BCUT2D eigenvalue weighted by Crippen LogP contribution is -2.32. The summed E-state index contributed by atoms with van der Waals surface area (Å²) in [6, 6.07) is 6.61. The van der Waals surface area contributed by atoms with Crippen LogP contribution >= 0.6 is 23.4 Å². The smallest absolute Gasteiger partial charge is 0.259 e. The normalized spacial score (nSPS) is 11.9. The highest BCUT2D eigenvalue weighted by atomic mass is 35.5. The van der Waals surface area contributed by atoms with Crippen LogP contribution < -0.4 is 11.1 Å². The minimum Gasteiger partial charge on any atom is -0.330 e. The molecule has 0 radical (unpaired) electrons. The first kappa shape index (κ1) is 16.0. The van der Waals surface area contributed by atoms with Gasteiger partial charge in [0.1, 0.15) is 0 Å². The third-order valence-corrected chi connectivity index (χ3v) is 4.01.